The number of carbonyl (C=O) groups is 1. The van der Waals surface area contributed by atoms with Crippen LogP contribution in [0.4, 0.5) is 0 Å². The Bertz CT molecular complexity index is 779. The van der Waals surface area contributed by atoms with E-state index in [9.17, 15) is 20.1 Å². The molecule has 0 saturated carbocycles. The zero-order valence-electron chi connectivity index (χ0n) is 15.2. The molecule has 0 unspecified atom stereocenters. The number of ether oxygens (including phenoxy) is 4. The normalized spacial score (nSPS) is 27.2. The Morgan fingerprint density at radius 3 is 2.39 bits per heavy atom. The van der Waals surface area contributed by atoms with E-state index in [0.29, 0.717) is 11.5 Å². The van der Waals surface area contributed by atoms with Gasteiger partial charge >= 0.3 is 5.97 Å². The molecular weight excluding hydrogens is 368 g/mol. The van der Waals surface area contributed by atoms with Gasteiger partial charge in [-0.1, -0.05) is 24.3 Å². The Labute approximate surface area is 161 Å². The summed E-state index contributed by atoms with van der Waals surface area (Å²) in [6.07, 6.45) is -6.49. The van der Waals surface area contributed by atoms with Crippen molar-refractivity contribution in [2.45, 2.75) is 30.7 Å². The van der Waals surface area contributed by atoms with Crippen molar-refractivity contribution in [3.63, 3.8) is 0 Å². The molecule has 2 aromatic rings. The van der Waals surface area contributed by atoms with Gasteiger partial charge in [0.1, 0.15) is 42.5 Å². The fourth-order valence-corrected chi connectivity index (χ4v) is 2.80. The van der Waals surface area contributed by atoms with Crippen molar-refractivity contribution < 1.29 is 39.1 Å². The molecule has 1 aliphatic rings. The first-order valence-electron chi connectivity index (χ1n) is 8.72. The molecule has 0 spiro atoms. The number of rotatable bonds is 6. The van der Waals surface area contributed by atoms with Crippen molar-refractivity contribution in [2.75, 3.05) is 13.7 Å². The van der Waals surface area contributed by atoms with E-state index < -0.39 is 36.7 Å². The minimum absolute atomic E-state index is 0.252. The van der Waals surface area contributed by atoms with Gasteiger partial charge < -0.3 is 34.3 Å². The number of carbonyl (C=O) groups excluding carboxylic acids is 1. The summed E-state index contributed by atoms with van der Waals surface area (Å²) in [5.41, 5.74) is 0.252. The minimum Gasteiger partial charge on any atom is -0.459 e. The Morgan fingerprint density at radius 2 is 1.68 bits per heavy atom. The average molecular weight is 390 g/mol. The number of esters is 1. The van der Waals surface area contributed by atoms with Gasteiger partial charge in [0.2, 0.25) is 0 Å². The molecule has 0 aliphatic carbocycles. The highest BCUT2D eigenvalue weighted by molar-refractivity contribution is 5.89. The van der Waals surface area contributed by atoms with Gasteiger partial charge in [-0.05, 0) is 30.3 Å². The lowest BCUT2D eigenvalue weighted by Gasteiger charge is -2.39. The van der Waals surface area contributed by atoms with E-state index in [2.05, 4.69) is 0 Å². The molecule has 150 valence electrons. The molecule has 1 saturated heterocycles. The van der Waals surface area contributed by atoms with E-state index in [-0.39, 0.29) is 12.2 Å². The molecule has 3 N–H and O–H groups in total. The van der Waals surface area contributed by atoms with Crippen LogP contribution in [0.2, 0.25) is 0 Å². The van der Waals surface area contributed by atoms with Crippen molar-refractivity contribution in [1.29, 1.82) is 0 Å². The number of hydrogen-bond acceptors (Lipinski definition) is 8. The molecule has 1 aliphatic heterocycles. The monoisotopic (exact) mass is 390 g/mol. The molecule has 0 bridgehead atoms. The zero-order valence-corrected chi connectivity index (χ0v) is 15.2. The first-order valence-corrected chi connectivity index (χ1v) is 8.72. The van der Waals surface area contributed by atoms with Gasteiger partial charge in [-0.15, -0.1) is 0 Å². The molecule has 8 heteroatoms. The van der Waals surface area contributed by atoms with Crippen LogP contribution in [0.25, 0.3) is 0 Å². The summed E-state index contributed by atoms with van der Waals surface area (Å²) in [6.45, 7) is -0.326. The fraction of sp³-hybridized carbons (Fsp3) is 0.350. The predicted molar refractivity (Wildman–Crippen MR) is 96.9 cm³/mol. The van der Waals surface area contributed by atoms with E-state index in [4.69, 9.17) is 18.9 Å². The SMILES string of the molecule is CO[C@@H]1O[C@H](COC(=O)c2cccc(Oc3ccccc3)c2)[C@@H](O)[C@H](O)[C@H]1O. The van der Waals surface area contributed by atoms with E-state index >= 15 is 0 Å². The first-order chi connectivity index (χ1) is 13.5. The lowest BCUT2D eigenvalue weighted by Crippen LogP contribution is -2.59. The highest BCUT2D eigenvalue weighted by Crippen LogP contribution is 2.24. The molecular formula is C20H22O8. The maximum Gasteiger partial charge on any atom is 0.338 e. The number of methoxy groups -OCH3 is 1. The maximum atomic E-state index is 12.3. The van der Waals surface area contributed by atoms with Gasteiger partial charge in [0.15, 0.2) is 6.29 Å². The first kappa shape index (κ1) is 20.2. The Morgan fingerprint density at radius 1 is 0.964 bits per heavy atom. The van der Waals surface area contributed by atoms with Crippen molar-refractivity contribution in [2.24, 2.45) is 0 Å². The van der Waals surface area contributed by atoms with Gasteiger partial charge in [-0.25, -0.2) is 4.79 Å². The molecule has 8 nitrogen and oxygen atoms in total. The highest BCUT2D eigenvalue weighted by Gasteiger charge is 2.44. The second-order valence-corrected chi connectivity index (χ2v) is 6.29. The number of para-hydroxylation sites is 1. The van der Waals surface area contributed by atoms with E-state index in [0.717, 1.165) is 0 Å². The summed E-state index contributed by atoms with van der Waals surface area (Å²) >= 11 is 0. The number of hydrogen-bond donors (Lipinski definition) is 3. The average Bonchev–Trinajstić information content (AvgIpc) is 2.72. The van der Waals surface area contributed by atoms with E-state index in [1.807, 2.05) is 18.2 Å². The van der Waals surface area contributed by atoms with Crippen molar-refractivity contribution in [3.05, 3.63) is 60.2 Å². The van der Waals surface area contributed by atoms with E-state index in [1.165, 1.54) is 13.2 Å². The Kier molecular flexibility index (Phi) is 6.61. The van der Waals surface area contributed by atoms with Gasteiger partial charge in [0, 0.05) is 7.11 Å². The van der Waals surface area contributed by atoms with Crippen molar-refractivity contribution >= 4 is 5.97 Å². The zero-order chi connectivity index (χ0) is 20.1. The Hall–Kier alpha value is -2.49. The summed E-state index contributed by atoms with van der Waals surface area (Å²) in [7, 11) is 1.29. The summed E-state index contributed by atoms with van der Waals surface area (Å²) < 4.78 is 21.1. The summed E-state index contributed by atoms with van der Waals surface area (Å²) in [6, 6.07) is 15.6. The fourth-order valence-electron chi connectivity index (χ4n) is 2.80. The number of aliphatic hydroxyl groups excluding tert-OH is 3. The molecule has 1 fully saturated rings. The van der Waals surface area contributed by atoms with Crippen molar-refractivity contribution in [3.8, 4) is 11.5 Å². The Balaban J connectivity index is 1.61. The lowest BCUT2D eigenvalue weighted by atomic mass is 9.99. The largest absolute Gasteiger partial charge is 0.459 e. The van der Waals surface area contributed by atoms with Gasteiger partial charge in [0.05, 0.1) is 5.56 Å². The maximum absolute atomic E-state index is 12.3. The third-order valence-corrected chi connectivity index (χ3v) is 4.33. The predicted octanol–water partition coefficient (Wildman–Crippen LogP) is 1.09. The van der Waals surface area contributed by atoms with Crippen LogP contribution in [-0.4, -0.2) is 65.7 Å². The lowest BCUT2D eigenvalue weighted by molar-refractivity contribution is -0.294. The molecule has 3 rings (SSSR count). The third-order valence-electron chi connectivity index (χ3n) is 4.33. The summed E-state index contributed by atoms with van der Waals surface area (Å²) in [5, 5.41) is 29.6. The molecule has 0 aromatic heterocycles. The standard InChI is InChI=1S/C20H22O8/c1-25-20-18(23)17(22)16(21)15(28-20)11-26-19(24)12-6-5-9-14(10-12)27-13-7-3-2-4-8-13/h2-10,15-18,20-23H,11H2,1H3/t15-,16-,17+,18-,20-/m1/s1. The third kappa shape index (κ3) is 4.67. The van der Waals surface area contributed by atoms with Crippen LogP contribution in [-0.2, 0) is 14.2 Å². The second-order valence-electron chi connectivity index (χ2n) is 6.29. The van der Waals surface area contributed by atoms with Crippen LogP contribution in [0, 0.1) is 0 Å². The van der Waals surface area contributed by atoms with Gasteiger partial charge in [-0.3, -0.25) is 0 Å². The van der Waals surface area contributed by atoms with Crippen LogP contribution in [0.5, 0.6) is 11.5 Å². The van der Waals surface area contributed by atoms with Crippen LogP contribution in [0.1, 0.15) is 10.4 Å². The molecule has 0 amide bonds. The van der Waals surface area contributed by atoms with Crippen LogP contribution >= 0.6 is 0 Å². The topological polar surface area (TPSA) is 115 Å². The summed E-state index contributed by atoms with van der Waals surface area (Å²) in [5.74, 6) is 0.446. The summed E-state index contributed by atoms with van der Waals surface area (Å²) in [4.78, 5) is 12.3. The van der Waals surface area contributed by atoms with Crippen LogP contribution in [0.3, 0.4) is 0 Å². The quantitative estimate of drug-likeness (QED) is 0.628. The molecule has 1 heterocycles. The molecule has 28 heavy (non-hydrogen) atoms. The highest BCUT2D eigenvalue weighted by atomic mass is 16.7. The van der Waals surface area contributed by atoms with E-state index in [1.54, 1.807) is 30.3 Å². The minimum atomic E-state index is -1.48. The molecule has 5 atom stereocenters. The molecule has 0 radical (unpaired) electrons. The number of benzene rings is 2. The number of aliphatic hydroxyl groups is 3. The van der Waals surface area contributed by atoms with Gasteiger partial charge in [-0.2, -0.15) is 0 Å². The van der Waals surface area contributed by atoms with Gasteiger partial charge in [0.25, 0.3) is 0 Å². The van der Waals surface area contributed by atoms with Crippen LogP contribution in [0.15, 0.2) is 54.6 Å². The second kappa shape index (κ2) is 9.13. The van der Waals surface area contributed by atoms with Crippen molar-refractivity contribution in [1.82, 2.24) is 0 Å². The smallest absolute Gasteiger partial charge is 0.338 e. The van der Waals surface area contributed by atoms with Crippen LogP contribution < -0.4 is 4.74 Å². The molecule has 2 aromatic carbocycles.